The first-order valence-electron chi connectivity index (χ1n) is 4.82. The number of nitrogens with zero attached hydrogens (tertiary/aromatic N) is 1. The molecular formula is C10H7F3N2OS. The Morgan fingerprint density at radius 3 is 2.88 bits per heavy atom. The summed E-state index contributed by atoms with van der Waals surface area (Å²) < 4.78 is 36.3. The highest BCUT2D eigenvalue weighted by Gasteiger charge is 2.41. The number of nitrogens with one attached hydrogen (secondary N) is 1. The van der Waals surface area contributed by atoms with Crippen LogP contribution in [-0.2, 0) is 11.2 Å². The minimum absolute atomic E-state index is 0.453. The summed E-state index contributed by atoms with van der Waals surface area (Å²) in [6, 6.07) is 2.87. The third-order valence-corrected chi connectivity index (χ3v) is 3.67. The van der Waals surface area contributed by atoms with Gasteiger partial charge in [0.15, 0.2) is 0 Å². The summed E-state index contributed by atoms with van der Waals surface area (Å²) in [6.07, 6.45) is -3.81. The van der Waals surface area contributed by atoms with Gasteiger partial charge in [0.25, 0.3) is 0 Å². The predicted molar refractivity (Wildman–Crippen MR) is 54.3 cm³/mol. The molecule has 3 nitrogen and oxygen atoms in total. The lowest BCUT2D eigenvalue weighted by Gasteiger charge is -2.14. The second-order valence-corrected chi connectivity index (χ2v) is 4.80. The van der Waals surface area contributed by atoms with Crippen LogP contribution in [0.1, 0.15) is 27.8 Å². The van der Waals surface area contributed by atoms with Crippen molar-refractivity contribution in [2.75, 3.05) is 0 Å². The van der Waals surface area contributed by atoms with E-state index in [9.17, 15) is 18.0 Å². The van der Waals surface area contributed by atoms with Crippen LogP contribution in [0.2, 0.25) is 0 Å². The SMILES string of the molecule is N#Cc1cc2c(s1)CCC2NC(=O)C(F)(F)F. The van der Waals surface area contributed by atoms with Gasteiger partial charge in [-0.15, -0.1) is 11.3 Å². The predicted octanol–water partition coefficient (Wildman–Crippen LogP) is 2.29. The van der Waals surface area contributed by atoms with Crippen LogP contribution in [0.3, 0.4) is 0 Å². The fraction of sp³-hybridized carbons (Fsp3) is 0.400. The molecule has 0 aliphatic heterocycles. The van der Waals surface area contributed by atoms with E-state index in [1.807, 2.05) is 11.4 Å². The molecule has 17 heavy (non-hydrogen) atoms. The Labute approximate surface area is 98.9 Å². The molecule has 1 N–H and O–H groups in total. The molecule has 1 heterocycles. The third-order valence-electron chi connectivity index (χ3n) is 2.55. The third kappa shape index (κ3) is 2.26. The molecule has 1 aliphatic carbocycles. The van der Waals surface area contributed by atoms with Crippen molar-refractivity contribution in [1.82, 2.24) is 5.32 Å². The second-order valence-electron chi connectivity index (χ2n) is 3.66. The largest absolute Gasteiger partial charge is 0.471 e. The molecule has 0 saturated heterocycles. The number of alkyl halides is 3. The standard InChI is InChI=1S/C10H7F3N2OS/c11-10(12,13)9(16)15-7-1-2-8-6(7)3-5(4-14)17-8/h3,7H,1-2H2,(H,15,16). The van der Waals surface area contributed by atoms with Gasteiger partial charge in [-0.3, -0.25) is 4.79 Å². The van der Waals surface area contributed by atoms with Crippen LogP contribution in [0.4, 0.5) is 13.2 Å². The van der Waals surface area contributed by atoms with Crippen molar-refractivity contribution in [2.45, 2.75) is 25.1 Å². The van der Waals surface area contributed by atoms with Gasteiger partial charge in [-0.05, 0) is 24.5 Å². The van der Waals surface area contributed by atoms with Gasteiger partial charge in [0.1, 0.15) is 10.9 Å². The van der Waals surface area contributed by atoms with E-state index in [1.54, 1.807) is 6.07 Å². The highest BCUT2D eigenvalue weighted by Crippen LogP contribution is 2.37. The van der Waals surface area contributed by atoms with Gasteiger partial charge in [0.05, 0.1) is 6.04 Å². The first kappa shape index (κ1) is 11.9. The first-order chi connectivity index (χ1) is 7.91. The molecule has 1 aromatic rings. The van der Waals surface area contributed by atoms with Gasteiger partial charge in [-0.2, -0.15) is 18.4 Å². The minimum Gasteiger partial charge on any atom is -0.341 e. The number of amides is 1. The zero-order valence-electron chi connectivity index (χ0n) is 8.47. The Bertz CT molecular complexity index is 501. The van der Waals surface area contributed by atoms with E-state index in [0.717, 1.165) is 4.88 Å². The summed E-state index contributed by atoms with van der Waals surface area (Å²) in [5.41, 5.74) is 0.643. The van der Waals surface area contributed by atoms with E-state index < -0.39 is 18.1 Å². The lowest BCUT2D eigenvalue weighted by Crippen LogP contribution is -2.38. The number of nitriles is 1. The summed E-state index contributed by atoms with van der Waals surface area (Å²) in [6.45, 7) is 0. The lowest BCUT2D eigenvalue weighted by molar-refractivity contribution is -0.174. The molecule has 1 unspecified atom stereocenters. The molecule has 1 atom stereocenters. The van der Waals surface area contributed by atoms with Gasteiger partial charge in [0, 0.05) is 4.88 Å². The number of thiophene rings is 1. The molecule has 0 saturated carbocycles. The molecule has 0 radical (unpaired) electrons. The van der Waals surface area contributed by atoms with Crippen LogP contribution in [0.15, 0.2) is 6.07 Å². The van der Waals surface area contributed by atoms with Crippen LogP contribution >= 0.6 is 11.3 Å². The maximum Gasteiger partial charge on any atom is 0.471 e. The average molecular weight is 260 g/mol. The Morgan fingerprint density at radius 2 is 2.29 bits per heavy atom. The number of halogens is 3. The van der Waals surface area contributed by atoms with E-state index in [4.69, 9.17) is 5.26 Å². The molecule has 0 fully saturated rings. The number of carbonyl (C=O) groups is 1. The van der Waals surface area contributed by atoms with Gasteiger partial charge in [0.2, 0.25) is 0 Å². The monoisotopic (exact) mass is 260 g/mol. The van der Waals surface area contributed by atoms with Crippen molar-refractivity contribution >= 4 is 17.2 Å². The van der Waals surface area contributed by atoms with Crippen LogP contribution in [0.25, 0.3) is 0 Å². The maximum absolute atomic E-state index is 12.1. The van der Waals surface area contributed by atoms with E-state index in [2.05, 4.69) is 0 Å². The van der Waals surface area contributed by atoms with Crippen molar-refractivity contribution in [2.24, 2.45) is 0 Å². The van der Waals surface area contributed by atoms with E-state index in [1.165, 1.54) is 11.3 Å². The smallest absolute Gasteiger partial charge is 0.341 e. The number of fused-ring (bicyclic) bond motifs is 1. The highest BCUT2D eigenvalue weighted by molar-refractivity contribution is 7.12. The van der Waals surface area contributed by atoms with Gasteiger partial charge in [-0.1, -0.05) is 0 Å². The molecule has 7 heteroatoms. The fourth-order valence-electron chi connectivity index (χ4n) is 1.81. The Kier molecular flexibility index (Phi) is 2.83. The highest BCUT2D eigenvalue weighted by atomic mass is 32.1. The number of hydrogen-bond donors (Lipinski definition) is 1. The lowest BCUT2D eigenvalue weighted by atomic mass is 10.1. The molecule has 1 aromatic heterocycles. The summed E-state index contributed by atoms with van der Waals surface area (Å²) in [4.78, 5) is 12.2. The molecule has 1 aliphatic rings. The van der Waals surface area contributed by atoms with Crippen LogP contribution in [0, 0.1) is 11.3 Å². The Morgan fingerprint density at radius 1 is 1.59 bits per heavy atom. The van der Waals surface area contributed by atoms with Crippen molar-refractivity contribution in [1.29, 1.82) is 5.26 Å². The van der Waals surface area contributed by atoms with Crippen LogP contribution in [0.5, 0.6) is 0 Å². The minimum atomic E-state index is -4.86. The second kappa shape index (κ2) is 4.04. The van der Waals surface area contributed by atoms with Gasteiger partial charge in [-0.25, -0.2) is 0 Å². The van der Waals surface area contributed by atoms with Gasteiger partial charge < -0.3 is 5.32 Å². The maximum atomic E-state index is 12.1. The molecule has 0 aromatic carbocycles. The van der Waals surface area contributed by atoms with Crippen molar-refractivity contribution in [3.8, 4) is 6.07 Å². The number of aryl methyl sites for hydroxylation is 1. The van der Waals surface area contributed by atoms with Crippen LogP contribution in [-0.4, -0.2) is 12.1 Å². The summed E-state index contributed by atoms with van der Waals surface area (Å²) in [5.74, 6) is -1.93. The summed E-state index contributed by atoms with van der Waals surface area (Å²) in [5, 5.41) is 10.6. The number of carbonyl (C=O) groups excluding carboxylic acids is 1. The molecule has 2 rings (SSSR count). The normalized spacial score (nSPS) is 18.6. The van der Waals surface area contributed by atoms with Gasteiger partial charge >= 0.3 is 12.1 Å². The molecule has 0 spiro atoms. The quantitative estimate of drug-likeness (QED) is 0.842. The van der Waals surface area contributed by atoms with E-state index in [-0.39, 0.29) is 0 Å². The van der Waals surface area contributed by atoms with Crippen molar-refractivity contribution in [3.63, 3.8) is 0 Å². The zero-order chi connectivity index (χ0) is 12.6. The molecule has 1 amide bonds. The van der Waals surface area contributed by atoms with Crippen molar-refractivity contribution in [3.05, 3.63) is 21.4 Å². The Hall–Kier alpha value is -1.55. The topological polar surface area (TPSA) is 52.9 Å². The number of hydrogen-bond acceptors (Lipinski definition) is 3. The van der Waals surface area contributed by atoms with Crippen LogP contribution < -0.4 is 5.32 Å². The molecule has 90 valence electrons. The fourth-order valence-corrected chi connectivity index (χ4v) is 2.85. The molecule has 0 bridgehead atoms. The summed E-state index contributed by atoms with van der Waals surface area (Å²) >= 11 is 1.27. The molecular weight excluding hydrogens is 253 g/mol. The van der Waals surface area contributed by atoms with E-state index in [0.29, 0.717) is 23.3 Å². The first-order valence-corrected chi connectivity index (χ1v) is 5.64. The average Bonchev–Trinajstić information content (AvgIpc) is 2.78. The summed E-state index contributed by atoms with van der Waals surface area (Å²) in [7, 11) is 0. The van der Waals surface area contributed by atoms with E-state index >= 15 is 0 Å². The van der Waals surface area contributed by atoms with Crippen molar-refractivity contribution < 1.29 is 18.0 Å². The zero-order valence-corrected chi connectivity index (χ0v) is 9.28. The number of rotatable bonds is 1. The Balaban J connectivity index is 2.15.